The van der Waals surface area contributed by atoms with Gasteiger partial charge in [0.25, 0.3) is 5.91 Å². The predicted molar refractivity (Wildman–Crippen MR) is 118 cm³/mol. The Morgan fingerprint density at radius 1 is 1.40 bits per heavy atom. The molecule has 0 aromatic carbocycles. The number of ketones is 1. The first-order valence-electron chi connectivity index (χ1n) is 9.59. The average molecular weight is 474 g/mol. The molecule has 1 fully saturated rings. The minimum atomic E-state index is -0.797. The average Bonchev–Trinajstić information content (AvgIpc) is 3.24. The highest BCUT2D eigenvalue weighted by atomic mass is 35.5. The van der Waals surface area contributed by atoms with Crippen molar-refractivity contribution in [3.05, 3.63) is 33.0 Å². The van der Waals surface area contributed by atoms with Gasteiger partial charge < -0.3 is 15.5 Å². The van der Waals surface area contributed by atoms with E-state index in [2.05, 4.69) is 17.2 Å². The first-order valence-corrected chi connectivity index (χ1v) is 11.2. The summed E-state index contributed by atoms with van der Waals surface area (Å²) in [6.45, 7) is 7.79. The van der Waals surface area contributed by atoms with Crippen LogP contribution in [0.3, 0.4) is 0 Å². The second-order valence-electron chi connectivity index (χ2n) is 7.55. The van der Waals surface area contributed by atoms with Crippen LogP contribution >= 0.6 is 34.5 Å². The summed E-state index contributed by atoms with van der Waals surface area (Å²) in [5.41, 5.74) is 0. The van der Waals surface area contributed by atoms with Crippen molar-refractivity contribution >= 4 is 58.0 Å². The summed E-state index contributed by atoms with van der Waals surface area (Å²) in [6, 6.07) is 0.655. The molecule has 0 unspecified atom stereocenters. The zero-order chi connectivity index (χ0) is 22.4. The summed E-state index contributed by atoms with van der Waals surface area (Å²) in [5.74, 6) is -1.59. The maximum atomic E-state index is 13.0. The second kappa shape index (κ2) is 10.9. The molecule has 30 heavy (non-hydrogen) atoms. The molecule has 3 amide bonds. The molecule has 0 saturated carbocycles. The summed E-state index contributed by atoms with van der Waals surface area (Å²) in [4.78, 5) is 51.4. The Morgan fingerprint density at radius 2 is 2.10 bits per heavy atom. The van der Waals surface area contributed by atoms with E-state index in [-0.39, 0.29) is 41.6 Å². The van der Waals surface area contributed by atoms with Gasteiger partial charge in [0.2, 0.25) is 11.8 Å². The maximum Gasteiger partial charge on any atom is 0.262 e. The highest BCUT2D eigenvalue weighted by Gasteiger charge is 2.31. The molecule has 2 heterocycles. The first kappa shape index (κ1) is 24.4. The molecule has 1 saturated heterocycles. The molecular weight excluding hydrogens is 449 g/mol. The number of halogens is 2. The molecule has 0 aliphatic carbocycles. The van der Waals surface area contributed by atoms with E-state index < -0.39 is 17.9 Å². The normalized spacial score (nSPS) is 16.8. The third-order valence-electron chi connectivity index (χ3n) is 4.71. The molecule has 7 nitrogen and oxygen atoms in total. The van der Waals surface area contributed by atoms with Crippen molar-refractivity contribution in [3.63, 3.8) is 0 Å². The number of rotatable bonds is 10. The molecule has 0 spiro atoms. The molecule has 0 bridgehead atoms. The fourth-order valence-electron chi connectivity index (χ4n) is 3.18. The second-order valence-corrected chi connectivity index (χ2v) is 9.62. The Morgan fingerprint density at radius 3 is 2.60 bits per heavy atom. The van der Waals surface area contributed by atoms with Crippen LogP contribution in [0, 0.1) is 11.8 Å². The van der Waals surface area contributed by atoms with Crippen molar-refractivity contribution in [2.75, 3.05) is 19.6 Å². The van der Waals surface area contributed by atoms with Crippen LogP contribution in [-0.2, 0) is 14.4 Å². The van der Waals surface area contributed by atoms with E-state index >= 15 is 0 Å². The molecule has 1 aromatic rings. The third-order valence-corrected chi connectivity index (χ3v) is 6.57. The summed E-state index contributed by atoms with van der Waals surface area (Å²) in [7, 11) is 0. The van der Waals surface area contributed by atoms with Crippen molar-refractivity contribution in [3.8, 4) is 0 Å². The Kier molecular flexibility index (Phi) is 8.88. The number of Topliss-reactive ketones (excluding diaryl/α,β-unsaturated/α-hetero) is 1. The first-order chi connectivity index (χ1) is 14.1. The zero-order valence-electron chi connectivity index (χ0n) is 16.9. The van der Waals surface area contributed by atoms with Crippen molar-refractivity contribution in [2.45, 2.75) is 32.7 Å². The maximum absolute atomic E-state index is 13.0. The Balaban J connectivity index is 2.12. The lowest BCUT2D eigenvalue weighted by molar-refractivity contribution is -0.134. The van der Waals surface area contributed by atoms with Crippen LogP contribution in [0.4, 0.5) is 0 Å². The third kappa shape index (κ3) is 6.55. The van der Waals surface area contributed by atoms with Gasteiger partial charge >= 0.3 is 0 Å². The molecule has 1 aromatic heterocycles. The molecule has 1 aliphatic rings. The van der Waals surface area contributed by atoms with E-state index in [1.165, 1.54) is 11.0 Å². The van der Waals surface area contributed by atoms with Gasteiger partial charge in [0, 0.05) is 13.1 Å². The van der Waals surface area contributed by atoms with Crippen LogP contribution < -0.4 is 10.6 Å². The van der Waals surface area contributed by atoms with E-state index in [0.717, 1.165) is 17.4 Å². The topological polar surface area (TPSA) is 95.6 Å². The minimum Gasteiger partial charge on any atom is -0.356 e. The number of hydrogen-bond acceptors (Lipinski definition) is 5. The number of carbonyl (C=O) groups is 4. The van der Waals surface area contributed by atoms with Gasteiger partial charge in [-0.15, -0.1) is 11.3 Å². The van der Waals surface area contributed by atoms with Crippen LogP contribution in [0.1, 0.15) is 36.4 Å². The molecule has 2 atom stereocenters. The number of nitrogens with one attached hydrogen (secondary N) is 2. The van der Waals surface area contributed by atoms with Crippen LogP contribution in [-0.4, -0.2) is 54.1 Å². The van der Waals surface area contributed by atoms with Gasteiger partial charge in [-0.25, -0.2) is 0 Å². The summed E-state index contributed by atoms with van der Waals surface area (Å²) in [5, 5.41) is 5.73. The molecule has 164 valence electrons. The summed E-state index contributed by atoms with van der Waals surface area (Å²) in [6.07, 6.45) is 2.11. The van der Waals surface area contributed by atoms with Crippen molar-refractivity contribution in [1.29, 1.82) is 0 Å². The van der Waals surface area contributed by atoms with Crippen molar-refractivity contribution < 1.29 is 19.2 Å². The lowest BCUT2D eigenvalue weighted by atomic mass is 9.99. The lowest BCUT2D eigenvalue weighted by Crippen LogP contribution is -2.48. The summed E-state index contributed by atoms with van der Waals surface area (Å²) < 4.78 is 0.297. The van der Waals surface area contributed by atoms with E-state index in [1.54, 1.807) is 0 Å². The predicted octanol–water partition coefficient (Wildman–Crippen LogP) is 2.92. The van der Waals surface area contributed by atoms with Gasteiger partial charge in [-0.05, 0) is 30.9 Å². The van der Waals surface area contributed by atoms with Gasteiger partial charge in [-0.2, -0.15) is 0 Å². The zero-order valence-corrected chi connectivity index (χ0v) is 19.2. The van der Waals surface area contributed by atoms with Crippen LogP contribution in [0.15, 0.2) is 18.7 Å². The van der Waals surface area contributed by atoms with E-state index in [0.29, 0.717) is 28.6 Å². The van der Waals surface area contributed by atoms with Gasteiger partial charge in [0.15, 0.2) is 5.78 Å². The Labute approximate surface area is 189 Å². The quantitative estimate of drug-likeness (QED) is 0.510. The van der Waals surface area contributed by atoms with E-state index in [9.17, 15) is 19.2 Å². The van der Waals surface area contributed by atoms with Crippen molar-refractivity contribution in [1.82, 2.24) is 15.5 Å². The van der Waals surface area contributed by atoms with Gasteiger partial charge in [0.1, 0.15) is 4.34 Å². The fraction of sp³-hybridized carbons (Fsp3) is 0.500. The smallest absolute Gasteiger partial charge is 0.262 e. The van der Waals surface area contributed by atoms with Crippen LogP contribution in [0.5, 0.6) is 0 Å². The van der Waals surface area contributed by atoms with E-state index in [1.807, 2.05) is 13.8 Å². The van der Waals surface area contributed by atoms with Crippen LogP contribution in [0.2, 0.25) is 9.36 Å². The van der Waals surface area contributed by atoms with Gasteiger partial charge in [0.05, 0.1) is 28.4 Å². The molecule has 0 radical (unpaired) electrons. The number of carbonyl (C=O) groups excluding carboxylic acids is 4. The fourth-order valence-corrected chi connectivity index (χ4v) is 4.45. The summed E-state index contributed by atoms with van der Waals surface area (Å²) >= 11 is 12.9. The monoisotopic (exact) mass is 473 g/mol. The largest absolute Gasteiger partial charge is 0.356 e. The van der Waals surface area contributed by atoms with Gasteiger partial charge in [-0.3, -0.25) is 19.2 Å². The molecule has 2 rings (SSSR count). The van der Waals surface area contributed by atoms with Gasteiger partial charge in [-0.1, -0.05) is 43.6 Å². The highest BCUT2D eigenvalue weighted by molar-refractivity contribution is 7.18. The molecule has 2 N–H and O–H groups in total. The molecule has 10 heteroatoms. The van der Waals surface area contributed by atoms with E-state index in [4.69, 9.17) is 23.2 Å². The minimum absolute atomic E-state index is 0.124. The number of hydrogen-bond donors (Lipinski definition) is 2. The van der Waals surface area contributed by atoms with Crippen molar-refractivity contribution in [2.24, 2.45) is 11.8 Å². The molecule has 1 aliphatic heterocycles. The number of nitrogens with zero attached hydrogens (tertiary/aromatic N) is 1. The lowest BCUT2D eigenvalue weighted by Gasteiger charge is -2.26. The SMILES string of the molecule is C=CC(=O)N(CC(=O)[C@H](CC(C)C)NC(=O)c1cc(Cl)c(Cl)s1)C[C@@H]1CCNC1=O. The number of thiophene rings is 1. The standard InChI is InChI=1S/C20H25Cl2N3O4S/c1-4-17(27)25(9-12-5-6-23-19(12)28)10-15(26)14(7-11(2)3)24-20(29)16-8-13(21)18(22)30-16/h4,8,11-12,14H,1,5-7,9-10H2,2-3H3,(H,23,28)(H,24,29)/t12-,14-/m0/s1. The Bertz CT molecular complexity index is 821. The van der Waals surface area contributed by atoms with Crippen LogP contribution in [0.25, 0.3) is 0 Å². The molecular formula is C20H25Cl2N3O4S. The Hall–Kier alpha value is -1.90. The number of amides is 3. The highest BCUT2D eigenvalue weighted by Crippen LogP contribution is 2.31.